The van der Waals surface area contributed by atoms with Crippen molar-refractivity contribution in [1.82, 2.24) is 4.98 Å². The Morgan fingerprint density at radius 1 is 1.19 bits per heavy atom. The molecule has 5 heteroatoms. The minimum absolute atomic E-state index is 0.0416. The van der Waals surface area contributed by atoms with Gasteiger partial charge in [0.15, 0.2) is 0 Å². The molecule has 2 aromatic rings. The van der Waals surface area contributed by atoms with Crippen molar-refractivity contribution in [2.45, 2.75) is 26.1 Å². The SMILES string of the molecule is COc1ccc(Cl)cc1C(O)c1cncc(OC(C)C)c1. The van der Waals surface area contributed by atoms with Gasteiger partial charge in [-0.2, -0.15) is 0 Å². The highest BCUT2D eigenvalue weighted by atomic mass is 35.5. The van der Waals surface area contributed by atoms with Crippen LogP contribution in [0, 0.1) is 0 Å². The fourth-order valence-corrected chi connectivity index (χ4v) is 2.20. The molecule has 1 unspecified atom stereocenters. The molecule has 1 N–H and O–H groups in total. The van der Waals surface area contributed by atoms with Gasteiger partial charge in [-0.25, -0.2) is 0 Å². The maximum atomic E-state index is 10.6. The second kappa shape index (κ2) is 6.78. The first kappa shape index (κ1) is 15.6. The summed E-state index contributed by atoms with van der Waals surface area (Å²) < 4.78 is 10.9. The van der Waals surface area contributed by atoms with Gasteiger partial charge in [-0.3, -0.25) is 4.98 Å². The number of ether oxygens (including phenoxy) is 2. The summed E-state index contributed by atoms with van der Waals surface area (Å²) in [6, 6.07) is 6.88. The molecule has 0 saturated carbocycles. The van der Waals surface area contributed by atoms with Crippen molar-refractivity contribution in [2.24, 2.45) is 0 Å². The number of aliphatic hydroxyl groups excluding tert-OH is 1. The van der Waals surface area contributed by atoms with E-state index in [0.29, 0.717) is 27.6 Å². The third kappa shape index (κ3) is 3.86. The topological polar surface area (TPSA) is 51.6 Å². The molecule has 0 radical (unpaired) electrons. The molecular formula is C16H18ClNO3. The predicted octanol–water partition coefficient (Wildman–Crippen LogP) is 3.61. The van der Waals surface area contributed by atoms with Crippen molar-refractivity contribution in [2.75, 3.05) is 7.11 Å². The van der Waals surface area contributed by atoms with Crippen LogP contribution in [0.3, 0.4) is 0 Å². The van der Waals surface area contributed by atoms with Gasteiger partial charge >= 0.3 is 0 Å². The van der Waals surface area contributed by atoms with Crippen molar-refractivity contribution >= 4 is 11.6 Å². The van der Waals surface area contributed by atoms with Gasteiger partial charge in [0.1, 0.15) is 17.6 Å². The summed E-state index contributed by atoms with van der Waals surface area (Å²) >= 11 is 6.00. The normalized spacial score (nSPS) is 12.3. The first-order valence-corrected chi connectivity index (χ1v) is 7.02. The van der Waals surface area contributed by atoms with Crippen LogP contribution >= 0.6 is 11.6 Å². The fraction of sp³-hybridized carbons (Fsp3) is 0.312. The van der Waals surface area contributed by atoms with Crippen LogP contribution in [0.1, 0.15) is 31.1 Å². The number of aliphatic hydroxyl groups is 1. The minimum Gasteiger partial charge on any atom is -0.496 e. The molecular weight excluding hydrogens is 290 g/mol. The molecule has 1 aromatic heterocycles. The Morgan fingerprint density at radius 3 is 2.62 bits per heavy atom. The zero-order chi connectivity index (χ0) is 15.4. The molecule has 0 fully saturated rings. The van der Waals surface area contributed by atoms with Crippen LogP contribution in [0.25, 0.3) is 0 Å². The van der Waals surface area contributed by atoms with Gasteiger partial charge < -0.3 is 14.6 Å². The second-order valence-electron chi connectivity index (χ2n) is 4.91. The first-order valence-electron chi connectivity index (χ1n) is 6.64. The summed E-state index contributed by atoms with van der Waals surface area (Å²) in [5.41, 5.74) is 1.21. The average Bonchev–Trinajstić information content (AvgIpc) is 2.46. The van der Waals surface area contributed by atoms with Crippen molar-refractivity contribution in [3.63, 3.8) is 0 Å². The van der Waals surface area contributed by atoms with E-state index >= 15 is 0 Å². The third-order valence-corrected chi connectivity index (χ3v) is 3.14. The van der Waals surface area contributed by atoms with E-state index in [2.05, 4.69) is 4.98 Å². The summed E-state index contributed by atoms with van der Waals surface area (Å²) in [6.45, 7) is 3.87. The molecule has 0 bridgehead atoms. The van der Waals surface area contributed by atoms with Crippen molar-refractivity contribution in [3.05, 3.63) is 52.8 Å². The summed E-state index contributed by atoms with van der Waals surface area (Å²) in [6.07, 6.45) is 2.37. The second-order valence-corrected chi connectivity index (χ2v) is 5.35. The number of pyridine rings is 1. The van der Waals surface area contributed by atoms with E-state index in [9.17, 15) is 5.11 Å². The Kier molecular flexibility index (Phi) is 5.04. The molecule has 0 spiro atoms. The number of methoxy groups -OCH3 is 1. The lowest BCUT2D eigenvalue weighted by atomic mass is 10.0. The summed E-state index contributed by atoms with van der Waals surface area (Å²) in [7, 11) is 1.55. The van der Waals surface area contributed by atoms with Gasteiger partial charge in [-0.05, 0) is 38.1 Å². The van der Waals surface area contributed by atoms with Crippen molar-refractivity contribution < 1.29 is 14.6 Å². The van der Waals surface area contributed by atoms with E-state index in [4.69, 9.17) is 21.1 Å². The van der Waals surface area contributed by atoms with Gasteiger partial charge in [-0.1, -0.05) is 11.6 Å². The highest BCUT2D eigenvalue weighted by Crippen LogP contribution is 2.33. The third-order valence-electron chi connectivity index (χ3n) is 2.91. The Bertz CT molecular complexity index is 616. The largest absolute Gasteiger partial charge is 0.496 e. The number of nitrogens with zero attached hydrogens (tertiary/aromatic N) is 1. The van der Waals surface area contributed by atoms with Gasteiger partial charge in [0, 0.05) is 22.3 Å². The molecule has 4 nitrogen and oxygen atoms in total. The Hall–Kier alpha value is -1.78. The summed E-state index contributed by atoms with van der Waals surface area (Å²) in [5.74, 6) is 1.18. The van der Waals surface area contributed by atoms with Crippen LogP contribution in [-0.2, 0) is 0 Å². The zero-order valence-corrected chi connectivity index (χ0v) is 13.0. The number of halogens is 1. The maximum absolute atomic E-state index is 10.6. The van der Waals surface area contributed by atoms with Gasteiger partial charge in [0.25, 0.3) is 0 Å². The Balaban J connectivity index is 2.35. The number of hydrogen-bond acceptors (Lipinski definition) is 4. The van der Waals surface area contributed by atoms with E-state index in [0.717, 1.165) is 0 Å². The molecule has 112 valence electrons. The summed E-state index contributed by atoms with van der Waals surface area (Å²) in [5, 5.41) is 11.1. The molecule has 0 saturated heterocycles. The van der Waals surface area contributed by atoms with E-state index < -0.39 is 6.10 Å². The standard InChI is InChI=1S/C16H18ClNO3/c1-10(2)21-13-6-11(8-18-9-13)16(19)14-7-12(17)4-5-15(14)20-3/h4-10,16,19H,1-3H3. The molecule has 1 atom stereocenters. The number of aromatic nitrogens is 1. The molecule has 21 heavy (non-hydrogen) atoms. The van der Waals surface area contributed by atoms with Crippen LogP contribution in [-0.4, -0.2) is 23.3 Å². The molecule has 0 aliphatic heterocycles. The lowest BCUT2D eigenvalue weighted by Gasteiger charge is -2.16. The lowest BCUT2D eigenvalue weighted by molar-refractivity contribution is 0.211. The average molecular weight is 308 g/mol. The van der Waals surface area contributed by atoms with Gasteiger partial charge in [0.2, 0.25) is 0 Å². The fourth-order valence-electron chi connectivity index (χ4n) is 2.02. The van der Waals surface area contributed by atoms with E-state index in [-0.39, 0.29) is 6.10 Å². The monoisotopic (exact) mass is 307 g/mol. The first-order chi connectivity index (χ1) is 10.0. The number of rotatable bonds is 5. The van der Waals surface area contributed by atoms with Crippen molar-refractivity contribution in [1.29, 1.82) is 0 Å². The Morgan fingerprint density at radius 2 is 1.95 bits per heavy atom. The number of hydrogen-bond donors (Lipinski definition) is 1. The molecule has 0 amide bonds. The van der Waals surface area contributed by atoms with Crippen LogP contribution in [0.15, 0.2) is 36.7 Å². The van der Waals surface area contributed by atoms with E-state index in [1.165, 1.54) is 0 Å². The molecule has 0 aliphatic carbocycles. The smallest absolute Gasteiger partial charge is 0.138 e. The molecule has 0 aliphatic rings. The van der Waals surface area contributed by atoms with Crippen LogP contribution in [0.4, 0.5) is 0 Å². The Labute approximate surface area is 129 Å². The van der Waals surface area contributed by atoms with Gasteiger partial charge in [0.05, 0.1) is 19.4 Å². The molecule has 1 heterocycles. The van der Waals surface area contributed by atoms with Crippen LogP contribution < -0.4 is 9.47 Å². The van der Waals surface area contributed by atoms with Crippen LogP contribution in [0.5, 0.6) is 11.5 Å². The van der Waals surface area contributed by atoms with Crippen molar-refractivity contribution in [3.8, 4) is 11.5 Å². The quantitative estimate of drug-likeness (QED) is 0.916. The summed E-state index contributed by atoms with van der Waals surface area (Å²) in [4.78, 5) is 4.10. The highest BCUT2D eigenvalue weighted by molar-refractivity contribution is 6.30. The molecule has 1 aromatic carbocycles. The highest BCUT2D eigenvalue weighted by Gasteiger charge is 2.17. The lowest BCUT2D eigenvalue weighted by Crippen LogP contribution is -2.07. The zero-order valence-electron chi connectivity index (χ0n) is 12.2. The minimum atomic E-state index is -0.887. The molecule has 2 rings (SSSR count). The van der Waals surface area contributed by atoms with E-state index in [1.807, 2.05) is 13.8 Å². The predicted molar refractivity (Wildman–Crippen MR) is 82.1 cm³/mol. The van der Waals surface area contributed by atoms with E-state index in [1.54, 1.807) is 43.8 Å². The number of benzene rings is 1. The maximum Gasteiger partial charge on any atom is 0.138 e. The van der Waals surface area contributed by atoms with Crippen LogP contribution in [0.2, 0.25) is 5.02 Å². The van der Waals surface area contributed by atoms with Gasteiger partial charge in [-0.15, -0.1) is 0 Å².